The molecule has 3 heterocycles. The van der Waals surface area contributed by atoms with Gasteiger partial charge in [0.05, 0.1) is 16.3 Å². The summed E-state index contributed by atoms with van der Waals surface area (Å²) in [5.41, 5.74) is 7.75. The van der Waals surface area contributed by atoms with Crippen LogP contribution in [0.1, 0.15) is 45.2 Å². The second kappa shape index (κ2) is 16.1. The second-order valence-electron chi connectivity index (χ2n) is 14.0. The van der Waals surface area contributed by atoms with Gasteiger partial charge in [-0.25, -0.2) is 13.2 Å². The van der Waals surface area contributed by atoms with Gasteiger partial charge in [-0.1, -0.05) is 65.7 Å². The molecule has 1 unspecified atom stereocenters. The molecular weight excluding hydrogens is 777 g/mol. The number of benzene rings is 4. The Kier molecular flexibility index (Phi) is 11.3. The first-order valence-electron chi connectivity index (χ1n) is 17.9. The summed E-state index contributed by atoms with van der Waals surface area (Å²) in [6.07, 6.45) is 2.37. The highest BCUT2D eigenvalue weighted by molar-refractivity contribution is 7.88. The Bertz CT molecular complexity index is 2410. The number of fused-ring (bicyclic) bond motifs is 2. The maximum Gasteiger partial charge on any atom is 0.326 e. The van der Waals surface area contributed by atoms with Crippen molar-refractivity contribution >= 4 is 45.1 Å². The topological polar surface area (TPSA) is 144 Å². The number of pyridine rings is 1. The van der Waals surface area contributed by atoms with E-state index in [1.165, 1.54) is 0 Å². The zero-order valence-corrected chi connectivity index (χ0v) is 33.1. The average molecular weight is 817 g/mol. The number of aromatic nitrogens is 1. The minimum atomic E-state index is -3.90. The molecule has 0 radical (unpaired) electrons. The van der Waals surface area contributed by atoms with E-state index in [1.54, 1.807) is 30.5 Å². The quantitative estimate of drug-likeness (QED) is 0.141. The van der Waals surface area contributed by atoms with E-state index >= 15 is 0 Å². The lowest BCUT2D eigenvalue weighted by Gasteiger charge is -2.36. The highest BCUT2D eigenvalue weighted by atomic mass is 35.5. The van der Waals surface area contributed by atoms with Crippen molar-refractivity contribution in [2.45, 2.75) is 58.0 Å². The van der Waals surface area contributed by atoms with Crippen LogP contribution < -0.4 is 19.5 Å². The Hall–Kier alpha value is -5.14. The third kappa shape index (κ3) is 8.63. The number of aryl methyl sites for hydroxylation is 1. The van der Waals surface area contributed by atoms with Crippen molar-refractivity contribution in [2.75, 3.05) is 12.9 Å². The van der Waals surface area contributed by atoms with Crippen molar-refractivity contribution in [2.24, 2.45) is 0 Å². The fraction of sp³-hybridized carbons (Fsp3) is 0.262. The van der Waals surface area contributed by atoms with Crippen LogP contribution in [0.4, 0.5) is 0 Å². The molecule has 0 aliphatic carbocycles. The maximum atomic E-state index is 13.8. The lowest BCUT2D eigenvalue weighted by molar-refractivity contribution is -0.142. The van der Waals surface area contributed by atoms with Gasteiger partial charge in [-0.3, -0.25) is 9.78 Å². The summed E-state index contributed by atoms with van der Waals surface area (Å²) in [5.74, 6) is -0.363. The predicted octanol–water partition coefficient (Wildman–Crippen LogP) is 7.26. The van der Waals surface area contributed by atoms with Gasteiger partial charge in [0.25, 0.3) is 0 Å². The van der Waals surface area contributed by atoms with E-state index in [2.05, 4.69) is 10.3 Å². The summed E-state index contributed by atoms with van der Waals surface area (Å²) in [6.45, 7) is 4.36. The minimum Gasteiger partial charge on any atom is -0.489 e. The number of carboxylic acid groups (broad SMARTS) is 1. The van der Waals surface area contributed by atoms with Gasteiger partial charge in [-0.2, -0.15) is 4.31 Å². The van der Waals surface area contributed by atoms with Crippen LogP contribution in [-0.2, 0) is 45.6 Å². The molecule has 56 heavy (non-hydrogen) atoms. The molecule has 5 aromatic rings. The van der Waals surface area contributed by atoms with Crippen molar-refractivity contribution in [3.63, 3.8) is 0 Å². The number of sulfonamides is 1. The van der Waals surface area contributed by atoms with Gasteiger partial charge in [-0.15, -0.1) is 0 Å². The second-order valence-corrected chi connectivity index (χ2v) is 16.7. The smallest absolute Gasteiger partial charge is 0.326 e. The van der Waals surface area contributed by atoms with Crippen LogP contribution in [0.25, 0.3) is 11.1 Å². The van der Waals surface area contributed by atoms with Gasteiger partial charge in [0.2, 0.25) is 15.9 Å². The van der Waals surface area contributed by atoms with E-state index in [1.807, 2.05) is 74.5 Å². The van der Waals surface area contributed by atoms with Gasteiger partial charge in [0, 0.05) is 24.9 Å². The summed E-state index contributed by atoms with van der Waals surface area (Å²) < 4.78 is 45.6. The first-order chi connectivity index (χ1) is 26.7. The van der Waals surface area contributed by atoms with Gasteiger partial charge < -0.3 is 24.6 Å². The summed E-state index contributed by atoms with van der Waals surface area (Å²) in [4.78, 5) is 30.5. The van der Waals surface area contributed by atoms with E-state index in [4.69, 9.17) is 37.4 Å². The molecule has 290 valence electrons. The number of carboxylic acids is 1. The van der Waals surface area contributed by atoms with Crippen molar-refractivity contribution < 1.29 is 37.3 Å². The van der Waals surface area contributed by atoms with Crippen LogP contribution in [0, 0.1) is 13.8 Å². The molecule has 7 rings (SSSR count). The van der Waals surface area contributed by atoms with E-state index in [0.29, 0.717) is 50.6 Å². The molecule has 1 aromatic heterocycles. The number of hydrogen-bond donors (Lipinski definition) is 2. The number of nitrogens with zero attached hydrogens (tertiary/aromatic N) is 2. The molecular formula is C42H39Cl2N3O8S. The SMILES string of the molecule is Cc1nccc(-c2ccc(CC(NC(=O)[C@@H]3Cc4cc5c(cc4CN3S(C)(=O)=O)O[C@@H](c3ccc(OCc4ccc(Cl)c(Cl)c4)cc3)CO5)C(=O)O)cc2)c1C. The molecule has 2 N–H and O–H groups in total. The number of nitrogens with one attached hydrogen (secondary N) is 1. The van der Waals surface area contributed by atoms with Crippen LogP contribution in [0.2, 0.25) is 10.0 Å². The van der Waals surface area contributed by atoms with E-state index < -0.39 is 40.1 Å². The number of carbonyl (C=O) groups is 2. The number of ether oxygens (including phenoxy) is 3. The number of halogens is 2. The summed E-state index contributed by atoms with van der Waals surface area (Å²) in [6, 6.07) is 23.2. The van der Waals surface area contributed by atoms with Gasteiger partial charge >= 0.3 is 5.97 Å². The number of rotatable bonds is 11. The molecule has 0 bridgehead atoms. The van der Waals surface area contributed by atoms with Crippen molar-refractivity contribution in [1.29, 1.82) is 0 Å². The zero-order chi connectivity index (χ0) is 39.7. The molecule has 0 saturated heterocycles. The van der Waals surface area contributed by atoms with E-state index in [0.717, 1.165) is 44.1 Å². The van der Waals surface area contributed by atoms with Crippen molar-refractivity contribution in [3.8, 4) is 28.4 Å². The first kappa shape index (κ1) is 39.1. The van der Waals surface area contributed by atoms with Gasteiger partial charge in [-0.05, 0) is 107 Å². The van der Waals surface area contributed by atoms with E-state index in [-0.39, 0.29) is 26.0 Å². The molecule has 14 heteroatoms. The average Bonchev–Trinajstić information content (AvgIpc) is 3.17. The molecule has 4 aromatic carbocycles. The van der Waals surface area contributed by atoms with Crippen molar-refractivity contribution in [1.82, 2.24) is 14.6 Å². The molecule has 0 spiro atoms. The summed E-state index contributed by atoms with van der Waals surface area (Å²) >= 11 is 12.1. The van der Waals surface area contributed by atoms with Crippen LogP contribution in [0.15, 0.2) is 91.1 Å². The Balaban J connectivity index is 1.02. The van der Waals surface area contributed by atoms with Crippen LogP contribution >= 0.6 is 23.2 Å². The largest absolute Gasteiger partial charge is 0.489 e. The monoisotopic (exact) mass is 815 g/mol. The Morgan fingerprint density at radius 3 is 2.36 bits per heavy atom. The Morgan fingerprint density at radius 2 is 1.66 bits per heavy atom. The lowest BCUT2D eigenvalue weighted by atomic mass is 9.93. The van der Waals surface area contributed by atoms with E-state index in [9.17, 15) is 23.1 Å². The predicted molar refractivity (Wildman–Crippen MR) is 213 cm³/mol. The molecule has 0 saturated carbocycles. The number of hydrogen-bond acceptors (Lipinski definition) is 8. The van der Waals surface area contributed by atoms with Gasteiger partial charge in [0.1, 0.15) is 31.0 Å². The minimum absolute atomic E-state index is 0.00618. The summed E-state index contributed by atoms with van der Waals surface area (Å²) in [7, 11) is -3.90. The highest BCUT2D eigenvalue weighted by Gasteiger charge is 2.39. The standard InChI is InChI=1S/C42H39Cl2N3O8S/c1-24-25(2)45-15-14-33(24)28-7-4-26(5-8-28)17-36(42(49)50)46-41(48)37-18-30-19-38-39(20-31(30)21-47(37)56(3,51)52)55-40(23-54-38)29-9-11-32(12-10-29)53-22-27-6-13-34(43)35(44)16-27/h4-16,19-20,36-37,40H,17-18,21-23H2,1-3H3,(H,46,48)(H,49,50)/t36?,37-,40+/m0/s1. The molecule has 2 aliphatic heterocycles. The lowest BCUT2D eigenvalue weighted by Crippen LogP contribution is -2.55. The highest BCUT2D eigenvalue weighted by Crippen LogP contribution is 2.41. The van der Waals surface area contributed by atoms with Crippen LogP contribution in [-0.4, -0.2) is 59.6 Å². The normalized spacial score (nSPS) is 17.1. The fourth-order valence-electron chi connectivity index (χ4n) is 6.92. The molecule has 2 aliphatic rings. The van der Waals surface area contributed by atoms with Crippen LogP contribution in [0.5, 0.6) is 17.2 Å². The number of amides is 1. The number of carbonyl (C=O) groups excluding carboxylic acids is 1. The molecule has 3 atom stereocenters. The third-order valence-corrected chi connectivity index (χ3v) is 12.1. The summed E-state index contributed by atoms with van der Waals surface area (Å²) in [5, 5.41) is 13.6. The third-order valence-electron chi connectivity index (χ3n) is 10.2. The van der Waals surface area contributed by atoms with Gasteiger partial charge in [0.15, 0.2) is 17.6 Å². The Morgan fingerprint density at radius 1 is 0.946 bits per heavy atom. The zero-order valence-electron chi connectivity index (χ0n) is 30.8. The van der Waals surface area contributed by atoms with Crippen molar-refractivity contribution in [3.05, 3.63) is 140 Å². The first-order valence-corrected chi connectivity index (χ1v) is 20.5. The molecule has 1 amide bonds. The Labute approximate surface area is 335 Å². The molecule has 0 fully saturated rings. The maximum absolute atomic E-state index is 13.8. The molecule has 11 nitrogen and oxygen atoms in total. The fourth-order valence-corrected chi connectivity index (χ4v) is 8.24. The van der Waals surface area contributed by atoms with Crippen LogP contribution in [0.3, 0.4) is 0 Å². The number of aliphatic carboxylic acids is 1.